The number of hydrogen-bond acceptors (Lipinski definition) is 6. The molecule has 0 spiro atoms. The van der Waals surface area contributed by atoms with Gasteiger partial charge in [0.15, 0.2) is 0 Å². The van der Waals surface area contributed by atoms with E-state index in [0.29, 0.717) is 16.6 Å². The minimum atomic E-state index is 0.0442. The van der Waals surface area contributed by atoms with Crippen LogP contribution in [0.15, 0.2) is 23.8 Å². The number of nitrogens with zero attached hydrogens (tertiary/aromatic N) is 5. The number of carbonyl (C=O) groups excluding carboxylic acids is 1. The Morgan fingerprint density at radius 3 is 2.50 bits per heavy atom. The fraction of sp³-hybridized carbons (Fsp3) is 0.550. The SMILES string of the molecule is CC(c1nccs1)N1CCN(c2ncc(C(=O)N3CCCCC3)cc2Cl)CC1. The summed E-state index contributed by atoms with van der Waals surface area (Å²) in [4.78, 5) is 28.2. The zero-order chi connectivity index (χ0) is 19.5. The van der Waals surface area contributed by atoms with Gasteiger partial charge in [-0.1, -0.05) is 11.6 Å². The van der Waals surface area contributed by atoms with Gasteiger partial charge in [-0.15, -0.1) is 11.3 Å². The van der Waals surface area contributed by atoms with Gasteiger partial charge in [0, 0.05) is 57.0 Å². The molecule has 2 aromatic heterocycles. The number of carbonyl (C=O) groups is 1. The largest absolute Gasteiger partial charge is 0.353 e. The number of piperazine rings is 1. The summed E-state index contributed by atoms with van der Waals surface area (Å²) in [5.41, 5.74) is 0.590. The molecule has 2 saturated heterocycles. The molecule has 0 aliphatic carbocycles. The number of pyridine rings is 1. The van der Waals surface area contributed by atoms with Crippen LogP contribution < -0.4 is 4.90 Å². The summed E-state index contributed by atoms with van der Waals surface area (Å²) in [6, 6.07) is 2.11. The van der Waals surface area contributed by atoms with E-state index in [1.165, 1.54) is 6.42 Å². The Morgan fingerprint density at radius 1 is 1.11 bits per heavy atom. The van der Waals surface area contributed by atoms with Gasteiger partial charge in [-0.25, -0.2) is 9.97 Å². The molecule has 2 aliphatic heterocycles. The molecule has 6 nitrogen and oxygen atoms in total. The zero-order valence-corrected chi connectivity index (χ0v) is 17.8. The van der Waals surface area contributed by atoms with Gasteiger partial charge in [-0.05, 0) is 32.3 Å². The summed E-state index contributed by atoms with van der Waals surface area (Å²) in [7, 11) is 0. The van der Waals surface area contributed by atoms with Crippen LogP contribution in [0.2, 0.25) is 5.02 Å². The highest BCUT2D eigenvalue weighted by molar-refractivity contribution is 7.09. The van der Waals surface area contributed by atoms with E-state index in [2.05, 4.69) is 26.7 Å². The monoisotopic (exact) mass is 419 g/mol. The van der Waals surface area contributed by atoms with Crippen molar-refractivity contribution in [3.63, 3.8) is 0 Å². The molecule has 2 fully saturated rings. The van der Waals surface area contributed by atoms with Crippen LogP contribution in [-0.2, 0) is 0 Å². The molecule has 8 heteroatoms. The van der Waals surface area contributed by atoms with Gasteiger partial charge in [0.2, 0.25) is 0 Å². The number of rotatable bonds is 4. The second-order valence-corrected chi connectivity index (χ2v) is 8.78. The second kappa shape index (κ2) is 8.76. The van der Waals surface area contributed by atoms with Crippen molar-refractivity contribution in [1.82, 2.24) is 19.8 Å². The van der Waals surface area contributed by atoms with Crippen molar-refractivity contribution >= 4 is 34.7 Å². The van der Waals surface area contributed by atoms with Crippen LogP contribution in [0.25, 0.3) is 0 Å². The smallest absolute Gasteiger partial charge is 0.255 e. The quantitative estimate of drug-likeness (QED) is 0.756. The molecule has 28 heavy (non-hydrogen) atoms. The van der Waals surface area contributed by atoms with Crippen molar-refractivity contribution in [3.8, 4) is 0 Å². The van der Waals surface area contributed by atoms with Gasteiger partial charge in [0.1, 0.15) is 10.8 Å². The lowest BCUT2D eigenvalue weighted by atomic mass is 10.1. The number of aromatic nitrogens is 2. The third-order valence-electron chi connectivity index (χ3n) is 5.68. The number of halogens is 1. The molecule has 2 aliphatic rings. The minimum absolute atomic E-state index is 0.0442. The number of amides is 1. The van der Waals surface area contributed by atoms with Gasteiger partial charge < -0.3 is 9.80 Å². The number of likely N-dealkylation sites (tertiary alicyclic amines) is 1. The van der Waals surface area contributed by atoms with Crippen molar-refractivity contribution in [3.05, 3.63) is 39.4 Å². The van der Waals surface area contributed by atoms with Gasteiger partial charge in [0.25, 0.3) is 5.91 Å². The number of hydrogen-bond donors (Lipinski definition) is 0. The van der Waals surface area contributed by atoms with Gasteiger partial charge in [-0.3, -0.25) is 9.69 Å². The van der Waals surface area contributed by atoms with Crippen molar-refractivity contribution < 1.29 is 4.79 Å². The van der Waals surface area contributed by atoms with Crippen molar-refractivity contribution in [1.29, 1.82) is 0 Å². The molecule has 4 rings (SSSR count). The molecule has 1 unspecified atom stereocenters. The first kappa shape index (κ1) is 19.6. The molecular formula is C20H26ClN5OS. The molecule has 2 aromatic rings. The molecule has 0 bridgehead atoms. The minimum Gasteiger partial charge on any atom is -0.353 e. The van der Waals surface area contributed by atoms with E-state index in [4.69, 9.17) is 11.6 Å². The van der Waals surface area contributed by atoms with Crippen LogP contribution in [0.1, 0.15) is 47.6 Å². The average molecular weight is 420 g/mol. The van der Waals surface area contributed by atoms with Crippen molar-refractivity contribution in [2.24, 2.45) is 0 Å². The first-order valence-corrected chi connectivity index (χ1v) is 11.2. The first-order valence-electron chi connectivity index (χ1n) is 9.96. The Hall–Kier alpha value is -1.70. The van der Waals surface area contributed by atoms with Gasteiger partial charge in [-0.2, -0.15) is 0 Å². The summed E-state index contributed by atoms with van der Waals surface area (Å²) < 4.78 is 0. The van der Waals surface area contributed by atoms with Crippen molar-refractivity contribution in [2.75, 3.05) is 44.2 Å². The predicted octanol–water partition coefficient (Wildman–Crippen LogP) is 3.70. The molecule has 4 heterocycles. The lowest BCUT2D eigenvalue weighted by Crippen LogP contribution is -2.47. The van der Waals surface area contributed by atoms with Crippen LogP contribution in [0.4, 0.5) is 5.82 Å². The summed E-state index contributed by atoms with van der Waals surface area (Å²) in [5.74, 6) is 0.821. The highest BCUT2D eigenvalue weighted by atomic mass is 35.5. The number of piperidine rings is 1. The Labute approximate surface area is 175 Å². The van der Waals surface area contributed by atoms with E-state index in [0.717, 1.165) is 62.9 Å². The molecular weight excluding hydrogens is 394 g/mol. The molecule has 1 amide bonds. The van der Waals surface area contributed by atoms with Crippen LogP contribution in [-0.4, -0.2) is 64.9 Å². The Balaban J connectivity index is 1.39. The zero-order valence-electron chi connectivity index (χ0n) is 16.2. The van der Waals surface area contributed by atoms with Crippen LogP contribution in [0, 0.1) is 0 Å². The highest BCUT2D eigenvalue weighted by Gasteiger charge is 2.26. The maximum atomic E-state index is 12.7. The highest BCUT2D eigenvalue weighted by Crippen LogP contribution is 2.28. The van der Waals surface area contributed by atoms with E-state index in [-0.39, 0.29) is 5.91 Å². The lowest BCUT2D eigenvalue weighted by molar-refractivity contribution is 0.0724. The topological polar surface area (TPSA) is 52.6 Å². The molecule has 0 aromatic carbocycles. The number of anilines is 1. The van der Waals surface area contributed by atoms with Crippen LogP contribution >= 0.6 is 22.9 Å². The second-order valence-electron chi connectivity index (χ2n) is 7.45. The third kappa shape index (κ3) is 4.16. The molecule has 150 valence electrons. The fourth-order valence-corrected chi connectivity index (χ4v) is 4.99. The summed E-state index contributed by atoms with van der Waals surface area (Å²) in [6.45, 7) is 7.47. The first-order chi connectivity index (χ1) is 13.6. The van der Waals surface area contributed by atoms with E-state index in [1.54, 1.807) is 23.6 Å². The van der Waals surface area contributed by atoms with E-state index in [1.807, 2.05) is 16.5 Å². The Kier molecular flexibility index (Phi) is 6.13. The van der Waals surface area contributed by atoms with E-state index < -0.39 is 0 Å². The number of thiazole rings is 1. The van der Waals surface area contributed by atoms with Crippen LogP contribution in [0.3, 0.4) is 0 Å². The maximum absolute atomic E-state index is 12.7. The molecule has 1 atom stereocenters. The fourth-order valence-electron chi connectivity index (χ4n) is 3.98. The Bertz CT molecular complexity index is 801. The Morgan fingerprint density at radius 2 is 1.86 bits per heavy atom. The summed E-state index contributed by atoms with van der Waals surface area (Å²) >= 11 is 8.23. The molecule has 0 saturated carbocycles. The standard InChI is InChI=1S/C20H26ClN5OS/c1-15(19-22-5-12-28-19)24-8-10-25(11-9-24)18-17(21)13-16(14-23-18)20(27)26-6-3-2-4-7-26/h5,12-15H,2-4,6-11H2,1H3. The molecule has 0 radical (unpaired) electrons. The van der Waals surface area contributed by atoms with Crippen LogP contribution in [0.5, 0.6) is 0 Å². The lowest BCUT2D eigenvalue weighted by Gasteiger charge is -2.38. The van der Waals surface area contributed by atoms with Gasteiger partial charge in [0.05, 0.1) is 16.6 Å². The predicted molar refractivity (Wildman–Crippen MR) is 113 cm³/mol. The summed E-state index contributed by atoms with van der Waals surface area (Å²) in [5, 5.41) is 3.74. The van der Waals surface area contributed by atoms with Gasteiger partial charge >= 0.3 is 0 Å². The molecule has 0 N–H and O–H groups in total. The average Bonchev–Trinajstić information content (AvgIpc) is 3.28. The maximum Gasteiger partial charge on any atom is 0.255 e. The summed E-state index contributed by atoms with van der Waals surface area (Å²) in [6.07, 6.45) is 6.91. The normalized spacial score (nSPS) is 19.6. The van der Waals surface area contributed by atoms with E-state index >= 15 is 0 Å². The van der Waals surface area contributed by atoms with Crippen molar-refractivity contribution in [2.45, 2.75) is 32.2 Å². The third-order valence-corrected chi connectivity index (χ3v) is 6.91. The van der Waals surface area contributed by atoms with E-state index in [9.17, 15) is 4.79 Å².